The molecule has 3 nitrogen and oxygen atoms in total. The molecule has 0 spiro atoms. The number of para-hydroxylation sites is 1. The Balaban J connectivity index is 2.60. The summed E-state index contributed by atoms with van der Waals surface area (Å²) in [5.74, 6) is 0.801. The van der Waals surface area contributed by atoms with Crippen molar-refractivity contribution >= 4 is 0 Å². The molecule has 0 aliphatic rings. The first-order valence-corrected chi connectivity index (χ1v) is 4.81. The summed E-state index contributed by atoms with van der Waals surface area (Å²) in [5.41, 5.74) is 1.08. The topological polar surface area (TPSA) is 49.7 Å². The van der Waals surface area contributed by atoms with Crippen molar-refractivity contribution in [1.29, 1.82) is 0 Å². The SMILES string of the molecule is OCCCc1ccccc1OCCO. The van der Waals surface area contributed by atoms with Crippen molar-refractivity contribution in [1.82, 2.24) is 0 Å². The van der Waals surface area contributed by atoms with Gasteiger partial charge in [-0.1, -0.05) is 18.2 Å². The third-order valence-corrected chi connectivity index (χ3v) is 1.93. The van der Waals surface area contributed by atoms with Crippen LogP contribution in [0.25, 0.3) is 0 Å². The second kappa shape index (κ2) is 6.40. The maximum absolute atomic E-state index is 8.71. The molecule has 0 aliphatic heterocycles. The van der Waals surface area contributed by atoms with Crippen LogP contribution in [0.2, 0.25) is 0 Å². The van der Waals surface area contributed by atoms with Gasteiger partial charge in [-0.15, -0.1) is 0 Å². The molecule has 0 fully saturated rings. The van der Waals surface area contributed by atoms with Gasteiger partial charge >= 0.3 is 0 Å². The fourth-order valence-corrected chi connectivity index (χ4v) is 1.28. The third-order valence-electron chi connectivity index (χ3n) is 1.93. The zero-order chi connectivity index (χ0) is 10.2. The molecular weight excluding hydrogens is 180 g/mol. The summed E-state index contributed by atoms with van der Waals surface area (Å²) in [5, 5.41) is 17.3. The van der Waals surface area contributed by atoms with E-state index in [2.05, 4.69) is 0 Å². The highest BCUT2D eigenvalue weighted by Crippen LogP contribution is 2.19. The summed E-state index contributed by atoms with van der Waals surface area (Å²) in [4.78, 5) is 0. The summed E-state index contributed by atoms with van der Waals surface area (Å²) < 4.78 is 5.35. The lowest BCUT2D eigenvalue weighted by Crippen LogP contribution is -2.04. The van der Waals surface area contributed by atoms with Gasteiger partial charge in [-0.25, -0.2) is 0 Å². The fourth-order valence-electron chi connectivity index (χ4n) is 1.28. The van der Waals surface area contributed by atoms with Crippen molar-refractivity contribution in [2.75, 3.05) is 19.8 Å². The molecule has 2 N–H and O–H groups in total. The van der Waals surface area contributed by atoms with Crippen LogP contribution in [-0.2, 0) is 6.42 Å². The lowest BCUT2D eigenvalue weighted by molar-refractivity contribution is 0.200. The van der Waals surface area contributed by atoms with Gasteiger partial charge in [-0.3, -0.25) is 0 Å². The zero-order valence-corrected chi connectivity index (χ0v) is 8.15. The van der Waals surface area contributed by atoms with Gasteiger partial charge in [0.2, 0.25) is 0 Å². The molecule has 0 atom stereocenters. The van der Waals surface area contributed by atoms with E-state index in [4.69, 9.17) is 14.9 Å². The van der Waals surface area contributed by atoms with E-state index in [1.807, 2.05) is 24.3 Å². The number of rotatable bonds is 6. The summed E-state index contributed by atoms with van der Waals surface area (Å²) in [6.07, 6.45) is 1.54. The minimum atomic E-state index is 0.0222. The monoisotopic (exact) mass is 196 g/mol. The summed E-state index contributed by atoms with van der Waals surface area (Å²) in [6, 6.07) is 7.69. The van der Waals surface area contributed by atoms with Gasteiger partial charge in [0.1, 0.15) is 12.4 Å². The summed E-state index contributed by atoms with van der Waals surface area (Å²) in [6.45, 7) is 0.527. The molecule has 78 valence electrons. The number of hydrogen-bond acceptors (Lipinski definition) is 3. The van der Waals surface area contributed by atoms with Crippen LogP contribution < -0.4 is 4.74 Å². The van der Waals surface area contributed by atoms with Crippen LogP contribution >= 0.6 is 0 Å². The molecule has 0 saturated carbocycles. The van der Waals surface area contributed by atoms with Crippen molar-refractivity contribution in [2.24, 2.45) is 0 Å². The van der Waals surface area contributed by atoms with Crippen molar-refractivity contribution in [3.05, 3.63) is 29.8 Å². The van der Waals surface area contributed by atoms with Crippen LogP contribution in [-0.4, -0.2) is 30.0 Å². The second-order valence-corrected chi connectivity index (χ2v) is 3.01. The molecule has 0 aromatic heterocycles. The molecule has 0 heterocycles. The molecule has 0 radical (unpaired) electrons. The highest BCUT2D eigenvalue weighted by molar-refractivity contribution is 5.33. The molecular formula is C11H16O3. The van der Waals surface area contributed by atoms with Gasteiger partial charge in [0, 0.05) is 6.61 Å². The largest absolute Gasteiger partial charge is 0.491 e. The van der Waals surface area contributed by atoms with Crippen molar-refractivity contribution in [2.45, 2.75) is 12.8 Å². The fraction of sp³-hybridized carbons (Fsp3) is 0.455. The Labute approximate surface area is 84.0 Å². The molecule has 1 rings (SSSR count). The van der Waals surface area contributed by atoms with Crippen LogP contribution in [0.5, 0.6) is 5.75 Å². The molecule has 0 unspecified atom stereocenters. The first kappa shape index (κ1) is 11.0. The van der Waals surface area contributed by atoms with Crippen LogP contribution in [0.15, 0.2) is 24.3 Å². The maximum atomic E-state index is 8.71. The normalized spacial score (nSPS) is 10.1. The lowest BCUT2D eigenvalue weighted by Gasteiger charge is -2.09. The van der Waals surface area contributed by atoms with E-state index in [0.29, 0.717) is 6.61 Å². The van der Waals surface area contributed by atoms with E-state index in [1.54, 1.807) is 0 Å². The van der Waals surface area contributed by atoms with Crippen LogP contribution in [0, 0.1) is 0 Å². The first-order chi connectivity index (χ1) is 6.88. The van der Waals surface area contributed by atoms with E-state index in [0.717, 1.165) is 24.2 Å². The van der Waals surface area contributed by atoms with Crippen LogP contribution in [0.1, 0.15) is 12.0 Å². The summed E-state index contributed by atoms with van der Waals surface area (Å²) in [7, 11) is 0. The zero-order valence-electron chi connectivity index (χ0n) is 8.15. The van der Waals surface area contributed by atoms with E-state index in [9.17, 15) is 0 Å². The first-order valence-electron chi connectivity index (χ1n) is 4.81. The number of aliphatic hydroxyl groups excluding tert-OH is 2. The van der Waals surface area contributed by atoms with Crippen molar-refractivity contribution in [3.63, 3.8) is 0 Å². The molecule has 14 heavy (non-hydrogen) atoms. The Bertz CT molecular complexity index is 233. The van der Waals surface area contributed by atoms with Crippen LogP contribution in [0.4, 0.5) is 0 Å². The number of aryl methyl sites for hydroxylation is 1. The average molecular weight is 196 g/mol. The number of ether oxygens (including phenoxy) is 1. The molecule has 1 aromatic rings. The minimum Gasteiger partial charge on any atom is -0.491 e. The Morgan fingerprint density at radius 1 is 1.07 bits per heavy atom. The number of benzene rings is 1. The van der Waals surface area contributed by atoms with Crippen molar-refractivity contribution < 1.29 is 14.9 Å². The smallest absolute Gasteiger partial charge is 0.122 e. The van der Waals surface area contributed by atoms with Crippen LogP contribution in [0.3, 0.4) is 0 Å². The standard InChI is InChI=1S/C11H16O3/c12-7-3-5-10-4-1-2-6-11(10)14-9-8-13/h1-2,4,6,12-13H,3,5,7-9H2. The molecule has 0 amide bonds. The lowest BCUT2D eigenvalue weighted by atomic mass is 10.1. The van der Waals surface area contributed by atoms with Gasteiger partial charge in [0.25, 0.3) is 0 Å². The molecule has 0 saturated heterocycles. The molecule has 1 aromatic carbocycles. The Morgan fingerprint density at radius 2 is 1.86 bits per heavy atom. The number of hydrogen-bond donors (Lipinski definition) is 2. The highest BCUT2D eigenvalue weighted by Gasteiger charge is 2.01. The van der Waals surface area contributed by atoms with E-state index >= 15 is 0 Å². The van der Waals surface area contributed by atoms with Crippen molar-refractivity contribution in [3.8, 4) is 5.75 Å². The van der Waals surface area contributed by atoms with E-state index in [-0.39, 0.29) is 13.2 Å². The molecule has 3 heteroatoms. The second-order valence-electron chi connectivity index (χ2n) is 3.01. The Morgan fingerprint density at radius 3 is 2.57 bits per heavy atom. The van der Waals surface area contributed by atoms with E-state index in [1.165, 1.54) is 0 Å². The van der Waals surface area contributed by atoms with Gasteiger partial charge in [0.05, 0.1) is 6.61 Å². The quantitative estimate of drug-likeness (QED) is 0.713. The molecule has 0 aliphatic carbocycles. The number of aliphatic hydroxyl groups is 2. The summed E-state index contributed by atoms with van der Waals surface area (Å²) >= 11 is 0. The van der Waals surface area contributed by atoms with Gasteiger partial charge < -0.3 is 14.9 Å². The Kier molecular flexibility index (Phi) is 5.04. The molecule has 0 bridgehead atoms. The minimum absolute atomic E-state index is 0.0222. The Hall–Kier alpha value is -1.06. The maximum Gasteiger partial charge on any atom is 0.122 e. The average Bonchev–Trinajstić information content (AvgIpc) is 2.24. The predicted molar refractivity (Wildman–Crippen MR) is 54.4 cm³/mol. The highest BCUT2D eigenvalue weighted by atomic mass is 16.5. The predicted octanol–water partition coefficient (Wildman–Crippen LogP) is 0.983. The van der Waals surface area contributed by atoms with Gasteiger partial charge in [0.15, 0.2) is 0 Å². The third kappa shape index (κ3) is 3.36. The van der Waals surface area contributed by atoms with Gasteiger partial charge in [-0.05, 0) is 24.5 Å². The van der Waals surface area contributed by atoms with E-state index < -0.39 is 0 Å². The van der Waals surface area contributed by atoms with Gasteiger partial charge in [-0.2, -0.15) is 0 Å².